The Labute approximate surface area is 186 Å². The van der Waals surface area contributed by atoms with Gasteiger partial charge in [0.25, 0.3) is 15.2 Å². The predicted octanol–water partition coefficient (Wildman–Crippen LogP) is 0.424. The molecule has 2 fully saturated rings. The zero-order chi connectivity index (χ0) is 22.9. The van der Waals surface area contributed by atoms with Gasteiger partial charge in [0.05, 0.1) is 11.8 Å². The maximum absolute atomic E-state index is 12.7. The van der Waals surface area contributed by atoms with E-state index >= 15 is 0 Å². The normalized spacial score (nSPS) is 24.9. The Bertz CT molecular complexity index is 1120. The number of piperidine rings is 1. The Hall–Kier alpha value is -2.82. The van der Waals surface area contributed by atoms with Gasteiger partial charge in [-0.3, -0.25) is 4.68 Å². The van der Waals surface area contributed by atoms with E-state index in [9.17, 15) is 18.8 Å². The molecule has 4 rings (SSSR count). The Morgan fingerprint density at radius 2 is 2.06 bits per heavy atom. The summed E-state index contributed by atoms with van der Waals surface area (Å²) in [5.41, 5.74) is -0.770. The number of hydrogen-bond acceptors (Lipinski definition) is 10. The summed E-state index contributed by atoms with van der Waals surface area (Å²) < 4.78 is 34.0. The second-order valence-electron chi connectivity index (χ2n) is 8.40. The molecule has 32 heavy (non-hydrogen) atoms. The number of nitriles is 1. The standard InChI is InChI=1S/C19H26N8O4S/c1-19(28)7-3-4-15(19)31-16-13(10-20)11-21-17(24-16)23-14-5-8-27(9-6-14)32(29,30)18-22-12-26(2)25-18/h11-12,14-15,28H,3-9H2,1-2H3,(H,21,23,24). The van der Waals surface area contributed by atoms with Crippen molar-refractivity contribution in [2.24, 2.45) is 7.05 Å². The zero-order valence-electron chi connectivity index (χ0n) is 18.0. The van der Waals surface area contributed by atoms with Crippen LogP contribution in [-0.4, -0.2) is 73.4 Å². The lowest BCUT2D eigenvalue weighted by molar-refractivity contribution is -0.0271. The molecule has 1 saturated heterocycles. The number of hydrogen-bond donors (Lipinski definition) is 2. The molecule has 1 aliphatic heterocycles. The van der Waals surface area contributed by atoms with Crippen molar-refractivity contribution in [3.05, 3.63) is 18.1 Å². The van der Waals surface area contributed by atoms with Crippen molar-refractivity contribution in [2.45, 2.75) is 61.9 Å². The van der Waals surface area contributed by atoms with Crippen molar-refractivity contribution in [3.63, 3.8) is 0 Å². The van der Waals surface area contributed by atoms with Crippen molar-refractivity contribution in [1.82, 2.24) is 29.0 Å². The quantitative estimate of drug-likeness (QED) is 0.616. The number of nitrogens with zero attached hydrogens (tertiary/aromatic N) is 7. The highest BCUT2D eigenvalue weighted by molar-refractivity contribution is 7.88. The second-order valence-corrected chi connectivity index (χ2v) is 10.2. The minimum absolute atomic E-state index is 0.0477. The van der Waals surface area contributed by atoms with Crippen molar-refractivity contribution < 1.29 is 18.3 Å². The van der Waals surface area contributed by atoms with Gasteiger partial charge in [-0.25, -0.2) is 18.4 Å². The molecular weight excluding hydrogens is 436 g/mol. The molecule has 0 spiro atoms. The monoisotopic (exact) mass is 462 g/mol. The minimum atomic E-state index is -3.73. The van der Waals surface area contributed by atoms with Gasteiger partial charge in [-0.15, -0.1) is 5.10 Å². The topological polar surface area (TPSA) is 159 Å². The zero-order valence-corrected chi connectivity index (χ0v) is 18.8. The van der Waals surface area contributed by atoms with E-state index in [0.29, 0.717) is 44.7 Å². The van der Waals surface area contributed by atoms with Gasteiger partial charge in [0.1, 0.15) is 24.1 Å². The van der Waals surface area contributed by atoms with E-state index < -0.39 is 21.7 Å². The molecular formula is C19H26N8O4S. The summed E-state index contributed by atoms with van der Waals surface area (Å²) in [6.07, 6.45) is 5.55. The van der Waals surface area contributed by atoms with Gasteiger partial charge in [0.2, 0.25) is 11.8 Å². The molecule has 12 nitrogen and oxygen atoms in total. The lowest BCUT2D eigenvalue weighted by atomic mass is 10.0. The molecule has 2 aromatic heterocycles. The average molecular weight is 463 g/mol. The second kappa shape index (κ2) is 8.61. The Morgan fingerprint density at radius 3 is 2.66 bits per heavy atom. The van der Waals surface area contributed by atoms with E-state index in [1.165, 1.54) is 21.5 Å². The lowest BCUT2D eigenvalue weighted by Crippen LogP contribution is -2.43. The third-order valence-corrected chi connectivity index (χ3v) is 7.60. The lowest BCUT2D eigenvalue weighted by Gasteiger charge is -2.31. The fourth-order valence-corrected chi connectivity index (χ4v) is 5.35. The summed E-state index contributed by atoms with van der Waals surface area (Å²) in [5, 5.41) is 26.7. The molecule has 1 saturated carbocycles. The maximum Gasteiger partial charge on any atom is 0.282 e. The van der Waals surface area contributed by atoms with Gasteiger partial charge in [0.15, 0.2) is 0 Å². The highest BCUT2D eigenvalue weighted by Crippen LogP contribution is 2.33. The number of ether oxygens (including phenoxy) is 1. The van der Waals surface area contributed by atoms with Crippen LogP contribution in [0.15, 0.2) is 17.7 Å². The highest BCUT2D eigenvalue weighted by atomic mass is 32.2. The number of aryl methyl sites for hydroxylation is 1. The van der Waals surface area contributed by atoms with E-state index in [0.717, 1.165) is 6.42 Å². The van der Waals surface area contributed by atoms with E-state index in [1.54, 1.807) is 14.0 Å². The molecule has 2 atom stereocenters. The van der Waals surface area contributed by atoms with Crippen molar-refractivity contribution >= 4 is 16.0 Å². The predicted molar refractivity (Wildman–Crippen MR) is 112 cm³/mol. The molecule has 0 radical (unpaired) electrons. The molecule has 2 aliphatic rings. The molecule has 172 valence electrons. The van der Waals surface area contributed by atoms with Gasteiger partial charge in [-0.05, 0) is 39.0 Å². The number of aliphatic hydroxyl groups is 1. The fourth-order valence-electron chi connectivity index (χ4n) is 4.02. The molecule has 2 N–H and O–H groups in total. The molecule has 0 bridgehead atoms. The Morgan fingerprint density at radius 1 is 1.31 bits per heavy atom. The number of anilines is 1. The average Bonchev–Trinajstić information content (AvgIpc) is 3.34. The van der Waals surface area contributed by atoms with Gasteiger partial charge in [-0.2, -0.15) is 14.6 Å². The summed E-state index contributed by atoms with van der Waals surface area (Å²) in [5.74, 6) is 0.433. The van der Waals surface area contributed by atoms with Gasteiger partial charge >= 0.3 is 0 Å². The minimum Gasteiger partial charge on any atom is -0.470 e. The molecule has 13 heteroatoms. The first-order valence-corrected chi connectivity index (χ1v) is 11.9. The van der Waals surface area contributed by atoms with Gasteiger partial charge in [-0.1, -0.05) is 0 Å². The van der Waals surface area contributed by atoms with Crippen molar-refractivity contribution in [2.75, 3.05) is 18.4 Å². The first-order chi connectivity index (χ1) is 15.2. The summed E-state index contributed by atoms with van der Waals surface area (Å²) >= 11 is 0. The van der Waals surface area contributed by atoms with Crippen LogP contribution in [0, 0.1) is 11.3 Å². The fraction of sp³-hybridized carbons (Fsp3) is 0.632. The molecule has 2 aromatic rings. The highest BCUT2D eigenvalue weighted by Gasteiger charge is 2.39. The smallest absolute Gasteiger partial charge is 0.282 e. The summed E-state index contributed by atoms with van der Waals surface area (Å²) in [6, 6.07) is 1.97. The summed E-state index contributed by atoms with van der Waals surface area (Å²) in [6.45, 7) is 2.34. The van der Waals surface area contributed by atoms with E-state index in [2.05, 4.69) is 25.4 Å². The van der Waals surface area contributed by atoms with Crippen LogP contribution < -0.4 is 10.1 Å². The SMILES string of the molecule is Cn1cnc(S(=O)(=O)N2CCC(Nc3ncc(C#N)c(OC4CCCC4(C)O)n3)CC2)n1. The third-order valence-electron chi connectivity index (χ3n) is 5.91. The molecule has 0 aromatic carbocycles. The third kappa shape index (κ3) is 4.52. The van der Waals surface area contributed by atoms with Crippen LogP contribution in [0.25, 0.3) is 0 Å². The van der Waals surface area contributed by atoms with Crippen LogP contribution in [0.1, 0.15) is 44.6 Å². The first-order valence-electron chi connectivity index (χ1n) is 10.5. The molecule has 1 aliphatic carbocycles. The molecule has 2 unspecified atom stereocenters. The number of rotatable bonds is 6. The van der Waals surface area contributed by atoms with Crippen LogP contribution in [0.3, 0.4) is 0 Å². The van der Waals surface area contributed by atoms with E-state index in [-0.39, 0.29) is 22.6 Å². The van der Waals surface area contributed by atoms with E-state index in [1.807, 2.05) is 6.07 Å². The van der Waals surface area contributed by atoms with Crippen LogP contribution in [0.5, 0.6) is 5.88 Å². The summed E-state index contributed by atoms with van der Waals surface area (Å²) in [4.78, 5) is 12.4. The summed E-state index contributed by atoms with van der Waals surface area (Å²) in [7, 11) is -2.11. The van der Waals surface area contributed by atoms with Gasteiger partial charge < -0.3 is 15.2 Å². The van der Waals surface area contributed by atoms with Crippen LogP contribution in [0.2, 0.25) is 0 Å². The van der Waals surface area contributed by atoms with Crippen molar-refractivity contribution in [3.8, 4) is 11.9 Å². The van der Waals surface area contributed by atoms with E-state index in [4.69, 9.17) is 4.74 Å². The number of nitrogens with one attached hydrogen (secondary N) is 1. The van der Waals surface area contributed by atoms with Gasteiger partial charge in [0, 0.05) is 26.2 Å². The molecule has 0 amide bonds. The largest absolute Gasteiger partial charge is 0.470 e. The Balaban J connectivity index is 1.40. The number of aromatic nitrogens is 5. The molecule has 3 heterocycles. The number of sulfonamides is 1. The first kappa shape index (κ1) is 22.4. The van der Waals surface area contributed by atoms with Crippen LogP contribution in [0.4, 0.5) is 5.95 Å². The van der Waals surface area contributed by atoms with Crippen LogP contribution in [-0.2, 0) is 17.1 Å². The van der Waals surface area contributed by atoms with Crippen molar-refractivity contribution in [1.29, 1.82) is 5.26 Å². The Kier molecular flexibility index (Phi) is 6.02. The maximum atomic E-state index is 12.7. The van der Waals surface area contributed by atoms with Crippen LogP contribution >= 0.6 is 0 Å².